The second kappa shape index (κ2) is 3.79. The summed E-state index contributed by atoms with van der Waals surface area (Å²) < 4.78 is 0. The fourth-order valence-electron chi connectivity index (χ4n) is 1.31. The Bertz CT molecular complexity index is 440. The summed E-state index contributed by atoms with van der Waals surface area (Å²) in [6, 6.07) is 13.2. The first kappa shape index (κ1) is 8.56. The van der Waals surface area contributed by atoms with Crippen molar-refractivity contribution in [3.63, 3.8) is 0 Å². The molecule has 68 valence electrons. The van der Waals surface area contributed by atoms with Gasteiger partial charge in [0, 0.05) is 11.8 Å². The molecule has 0 radical (unpaired) electrons. The highest BCUT2D eigenvalue weighted by Gasteiger charge is 2.04. The van der Waals surface area contributed by atoms with Crippen molar-refractivity contribution in [3.05, 3.63) is 53.6 Å². The minimum absolute atomic E-state index is 0.235. The summed E-state index contributed by atoms with van der Waals surface area (Å²) in [6.45, 7) is 0. The van der Waals surface area contributed by atoms with Gasteiger partial charge in [0.25, 0.3) is 0 Å². The molecule has 3 heteroatoms. The predicted molar refractivity (Wildman–Crippen MR) is 55.1 cm³/mol. The van der Waals surface area contributed by atoms with E-state index in [1.807, 2.05) is 36.4 Å². The zero-order valence-corrected chi connectivity index (χ0v) is 7.42. The molecule has 2 aromatic rings. The molecule has 0 saturated heterocycles. The topological polar surface area (TPSA) is 42.3 Å². The molecule has 0 amide bonds. The van der Waals surface area contributed by atoms with E-state index in [1.165, 1.54) is 0 Å². The molecule has 0 aliphatic heterocycles. The van der Waals surface area contributed by atoms with Crippen LogP contribution >= 0.6 is 0 Å². The Morgan fingerprint density at radius 2 is 1.79 bits per heavy atom. The SMILES string of the molecule is O=Nc1ncccc1-c1ccccc1. The minimum Gasteiger partial charge on any atom is -0.234 e. The maximum atomic E-state index is 10.5. The van der Waals surface area contributed by atoms with E-state index in [9.17, 15) is 4.91 Å². The maximum absolute atomic E-state index is 10.5. The van der Waals surface area contributed by atoms with Gasteiger partial charge in [0.05, 0.1) is 0 Å². The van der Waals surface area contributed by atoms with Crippen LogP contribution in [0.1, 0.15) is 0 Å². The number of hydrogen-bond donors (Lipinski definition) is 0. The van der Waals surface area contributed by atoms with Crippen molar-refractivity contribution in [1.29, 1.82) is 0 Å². The van der Waals surface area contributed by atoms with Crippen molar-refractivity contribution in [2.24, 2.45) is 5.18 Å². The highest BCUT2D eigenvalue weighted by atomic mass is 16.3. The Hall–Kier alpha value is -2.03. The largest absolute Gasteiger partial charge is 0.234 e. The molecule has 0 aliphatic carbocycles. The van der Waals surface area contributed by atoms with Gasteiger partial charge in [0.1, 0.15) is 0 Å². The van der Waals surface area contributed by atoms with Gasteiger partial charge < -0.3 is 0 Å². The van der Waals surface area contributed by atoms with Gasteiger partial charge in [-0.1, -0.05) is 30.3 Å². The zero-order valence-electron chi connectivity index (χ0n) is 7.42. The number of nitroso groups, excluding NO2 is 1. The van der Waals surface area contributed by atoms with Crippen LogP contribution in [0.4, 0.5) is 5.82 Å². The summed E-state index contributed by atoms with van der Waals surface area (Å²) >= 11 is 0. The van der Waals surface area contributed by atoms with E-state index in [1.54, 1.807) is 12.3 Å². The van der Waals surface area contributed by atoms with Gasteiger partial charge in [-0.2, -0.15) is 0 Å². The normalized spacial score (nSPS) is 9.71. The number of pyridine rings is 1. The van der Waals surface area contributed by atoms with Gasteiger partial charge in [-0.3, -0.25) is 0 Å². The third kappa shape index (κ3) is 1.52. The van der Waals surface area contributed by atoms with Crippen LogP contribution < -0.4 is 0 Å². The molecular formula is C11H8N2O. The second-order valence-corrected chi connectivity index (χ2v) is 2.83. The first-order valence-electron chi connectivity index (χ1n) is 4.25. The number of benzene rings is 1. The summed E-state index contributed by atoms with van der Waals surface area (Å²) in [4.78, 5) is 14.4. The summed E-state index contributed by atoms with van der Waals surface area (Å²) in [6.07, 6.45) is 1.56. The van der Waals surface area contributed by atoms with Crippen LogP contribution in [0.15, 0.2) is 53.8 Å². The van der Waals surface area contributed by atoms with Crippen molar-refractivity contribution >= 4 is 5.82 Å². The van der Waals surface area contributed by atoms with Crippen molar-refractivity contribution in [2.75, 3.05) is 0 Å². The van der Waals surface area contributed by atoms with Crippen LogP contribution in [0.25, 0.3) is 11.1 Å². The van der Waals surface area contributed by atoms with Crippen molar-refractivity contribution in [1.82, 2.24) is 4.98 Å². The van der Waals surface area contributed by atoms with Crippen molar-refractivity contribution in [2.45, 2.75) is 0 Å². The minimum atomic E-state index is 0.235. The zero-order chi connectivity index (χ0) is 9.80. The number of rotatable bonds is 2. The van der Waals surface area contributed by atoms with Crippen LogP contribution in [-0.4, -0.2) is 4.98 Å². The van der Waals surface area contributed by atoms with E-state index >= 15 is 0 Å². The lowest BCUT2D eigenvalue weighted by molar-refractivity contribution is 1.27. The molecule has 0 saturated carbocycles. The van der Waals surface area contributed by atoms with E-state index in [-0.39, 0.29) is 5.82 Å². The van der Waals surface area contributed by atoms with Gasteiger partial charge in [0.2, 0.25) is 5.82 Å². The Balaban J connectivity index is 2.57. The average molecular weight is 184 g/mol. The van der Waals surface area contributed by atoms with Crippen LogP contribution in [0.2, 0.25) is 0 Å². The molecule has 0 spiro atoms. The molecule has 0 fully saturated rings. The third-order valence-electron chi connectivity index (χ3n) is 1.96. The van der Waals surface area contributed by atoms with Crippen molar-refractivity contribution in [3.8, 4) is 11.1 Å². The maximum Gasteiger partial charge on any atom is 0.204 e. The van der Waals surface area contributed by atoms with Gasteiger partial charge in [-0.05, 0) is 22.9 Å². The quantitative estimate of drug-likeness (QED) is 0.673. The summed E-state index contributed by atoms with van der Waals surface area (Å²) in [5.41, 5.74) is 1.72. The Kier molecular flexibility index (Phi) is 2.32. The standard InChI is InChI=1S/C11H8N2O/c14-13-11-10(7-4-8-12-11)9-5-2-1-3-6-9/h1-8H. The molecule has 2 rings (SSSR count). The van der Waals surface area contributed by atoms with E-state index in [4.69, 9.17) is 0 Å². The first-order chi connectivity index (χ1) is 6.92. The highest BCUT2D eigenvalue weighted by molar-refractivity contribution is 5.72. The fraction of sp³-hybridized carbons (Fsp3) is 0. The molecule has 0 atom stereocenters. The molecule has 0 unspecified atom stereocenters. The summed E-state index contributed by atoms with van der Waals surface area (Å²) in [5, 5.41) is 2.89. The van der Waals surface area contributed by atoms with E-state index in [0.717, 1.165) is 11.1 Å². The molecule has 0 aliphatic rings. The lowest BCUT2D eigenvalue weighted by Gasteiger charge is -2.01. The Morgan fingerprint density at radius 1 is 1.00 bits per heavy atom. The van der Waals surface area contributed by atoms with Gasteiger partial charge in [0.15, 0.2) is 0 Å². The van der Waals surface area contributed by atoms with Gasteiger partial charge in [-0.25, -0.2) is 4.98 Å². The molecule has 0 N–H and O–H groups in total. The second-order valence-electron chi connectivity index (χ2n) is 2.83. The van der Waals surface area contributed by atoms with Gasteiger partial charge in [-0.15, -0.1) is 4.91 Å². The van der Waals surface area contributed by atoms with Crippen molar-refractivity contribution < 1.29 is 0 Å². The summed E-state index contributed by atoms with van der Waals surface area (Å²) in [5.74, 6) is 0.235. The Labute approximate surface area is 81.4 Å². The molecule has 1 aromatic heterocycles. The smallest absolute Gasteiger partial charge is 0.204 e. The average Bonchev–Trinajstić information content (AvgIpc) is 2.30. The lowest BCUT2D eigenvalue weighted by atomic mass is 10.1. The molecule has 1 heterocycles. The van der Waals surface area contributed by atoms with E-state index in [0.29, 0.717) is 0 Å². The van der Waals surface area contributed by atoms with Crippen LogP contribution in [0, 0.1) is 4.91 Å². The molecule has 0 bridgehead atoms. The molecular weight excluding hydrogens is 176 g/mol. The number of hydrogen-bond acceptors (Lipinski definition) is 3. The first-order valence-corrected chi connectivity index (χ1v) is 4.25. The molecule has 3 nitrogen and oxygen atoms in total. The molecule has 1 aromatic carbocycles. The number of nitrogens with zero attached hydrogens (tertiary/aromatic N) is 2. The van der Waals surface area contributed by atoms with E-state index in [2.05, 4.69) is 10.2 Å². The van der Waals surface area contributed by atoms with Crippen LogP contribution in [0.5, 0.6) is 0 Å². The monoisotopic (exact) mass is 184 g/mol. The highest BCUT2D eigenvalue weighted by Crippen LogP contribution is 2.26. The van der Waals surface area contributed by atoms with Crippen LogP contribution in [0.3, 0.4) is 0 Å². The molecule has 14 heavy (non-hydrogen) atoms. The fourth-order valence-corrected chi connectivity index (χ4v) is 1.31. The predicted octanol–water partition coefficient (Wildman–Crippen LogP) is 3.15. The third-order valence-corrected chi connectivity index (χ3v) is 1.96. The lowest BCUT2D eigenvalue weighted by Crippen LogP contribution is -1.80. The van der Waals surface area contributed by atoms with Gasteiger partial charge >= 0.3 is 0 Å². The number of aromatic nitrogens is 1. The van der Waals surface area contributed by atoms with E-state index < -0.39 is 0 Å². The Morgan fingerprint density at radius 3 is 2.50 bits per heavy atom. The summed E-state index contributed by atoms with van der Waals surface area (Å²) in [7, 11) is 0. The van der Waals surface area contributed by atoms with Crippen LogP contribution in [-0.2, 0) is 0 Å².